The molecular weight excluding hydrogens is 514 g/mol. The zero-order valence-corrected chi connectivity index (χ0v) is 20.6. The van der Waals surface area contributed by atoms with Gasteiger partial charge in [0, 0.05) is 0 Å². The van der Waals surface area contributed by atoms with Gasteiger partial charge in [-0.3, -0.25) is 10.1 Å². The van der Waals surface area contributed by atoms with E-state index in [2.05, 4.69) is 20.0 Å². The molecule has 192 valence electrons. The average Bonchev–Trinajstić information content (AvgIpc) is 2.79. The molecule has 5 N–H and O–H groups in total. The molecule has 1 atom stereocenters. The third kappa shape index (κ3) is 6.52. The van der Waals surface area contributed by atoms with Crippen LogP contribution in [0.15, 0.2) is 58.6 Å². The Balaban J connectivity index is 2.02. The highest BCUT2D eigenvalue weighted by Crippen LogP contribution is 2.34. The summed E-state index contributed by atoms with van der Waals surface area (Å²) in [4.78, 5) is 27.9. The monoisotopic (exact) mass is 538 g/mol. The lowest BCUT2D eigenvalue weighted by Crippen LogP contribution is -2.25. The van der Waals surface area contributed by atoms with E-state index in [0.717, 1.165) is 0 Å². The molecule has 0 saturated heterocycles. The highest BCUT2D eigenvalue weighted by Gasteiger charge is 2.26. The van der Waals surface area contributed by atoms with Crippen LogP contribution in [-0.4, -0.2) is 88.8 Å². The summed E-state index contributed by atoms with van der Waals surface area (Å²) in [6.07, 6.45) is 11.1. The van der Waals surface area contributed by atoms with E-state index in [1.165, 1.54) is 55.5 Å². The lowest BCUT2D eigenvalue weighted by Gasteiger charge is -2.09. The Morgan fingerprint density at radius 3 is 1.89 bits per heavy atom. The normalized spacial score (nSPS) is 16.9. The Morgan fingerprint density at radius 1 is 0.944 bits per heavy atom. The first-order chi connectivity index (χ1) is 17.0. The van der Waals surface area contributed by atoms with Gasteiger partial charge < -0.3 is 14.8 Å². The highest BCUT2D eigenvalue weighted by atomic mass is 32.3. The van der Waals surface area contributed by atoms with Crippen molar-refractivity contribution in [2.45, 2.75) is 6.92 Å². The summed E-state index contributed by atoms with van der Waals surface area (Å²) in [6, 6.07) is 0. The van der Waals surface area contributed by atoms with Crippen LogP contribution in [-0.2, 0) is 20.0 Å². The number of allylic oxidation sites excluding steroid dienone is 8. The molecule has 0 amide bonds. The van der Waals surface area contributed by atoms with Crippen LogP contribution in [0.4, 0.5) is 17.3 Å². The second kappa shape index (κ2) is 11.3. The van der Waals surface area contributed by atoms with Gasteiger partial charge in [-0.25, -0.2) is 24.2 Å². The van der Waals surface area contributed by atoms with Crippen LogP contribution in [0.1, 0.15) is 5.82 Å². The van der Waals surface area contributed by atoms with Crippen LogP contribution in [0.25, 0.3) is 0 Å². The van der Waals surface area contributed by atoms with Crippen molar-refractivity contribution in [3.8, 4) is 0 Å². The predicted octanol–water partition coefficient (Wildman–Crippen LogP) is 1.28. The Hall–Kier alpha value is -3.18. The molecular formula is C21H24N5O8S2+. The molecule has 0 fully saturated rings. The Morgan fingerprint density at radius 2 is 1.44 bits per heavy atom. The number of nitrogens with zero attached hydrogens (tertiary/aromatic N) is 5. The predicted molar refractivity (Wildman–Crippen MR) is 141 cm³/mol. The summed E-state index contributed by atoms with van der Waals surface area (Å²) in [5, 5.41) is 29.8. The minimum atomic E-state index is -3.42. The molecule has 13 nitrogen and oxygen atoms in total. The zero-order valence-electron chi connectivity index (χ0n) is 19.0. The van der Waals surface area contributed by atoms with Crippen LogP contribution in [0.2, 0.25) is 0 Å². The van der Waals surface area contributed by atoms with Crippen molar-refractivity contribution in [3.63, 3.8) is 0 Å². The van der Waals surface area contributed by atoms with Gasteiger partial charge in [-0.15, -0.1) is 0 Å². The maximum Gasteiger partial charge on any atom is 0.357 e. The van der Waals surface area contributed by atoms with Crippen LogP contribution < -0.4 is 0 Å². The van der Waals surface area contributed by atoms with Crippen molar-refractivity contribution in [1.29, 1.82) is 0 Å². The fourth-order valence-corrected chi connectivity index (χ4v) is 5.17. The first-order valence-electron chi connectivity index (χ1n) is 10.4. The molecule has 2 aliphatic rings. The largest absolute Gasteiger partial charge is 0.395 e. The molecule has 1 heterocycles. The molecule has 1 unspecified atom stereocenters. The van der Waals surface area contributed by atoms with Gasteiger partial charge in [0.15, 0.2) is 10.6 Å². The third-order valence-corrected chi connectivity index (χ3v) is 8.30. The lowest BCUT2D eigenvalue weighted by atomic mass is 10.2. The quantitative estimate of drug-likeness (QED) is 0.145. The summed E-state index contributed by atoms with van der Waals surface area (Å²) >= 11 is 0. The minimum Gasteiger partial charge on any atom is -0.395 e. The second-order valence-corrected chi connectivity index (χ2v) is 11.8. The fourth-order valence-electron chi connectivity index (χ4n) is 3.06. The fraction of sp³-hybridized carbons (Fsp3) is 0.238. The van der Waals surface area contributed by atoms with Crippen molar-refractivity contribution >= 4 is 58.5 Å². The molecule has 0 spiro atoms. The summed E-state index contributed by atoms with van der Waals surface area (Å²) in [5.74, 6) is -0.925. The molecule has 0 radical (unpaired) electrons. The zero-order chi connectivity index (χ0) is 26.5. The van der Waals surface area contributed by atoms with Crippen molar-refractivity contribution in [2.75, 3.05) is 24.7 Å². The van der Waals surface area contributed by atoms with Crippen molar-refractivity contribution in [2.24, 2.45) is 9.98 Å². The average molecular weight is 539 g/mol. The Bertz CT molecular complexity index is 1400. The van der Waals surface area contributed by atoms with Crippen LogP contribution in [0.3, 0.4) is 0 Å². The van der Waals surface area contributed by atoms with Crippen molar-refractivity contribution < 1.29 is 33.0 Å². The molecule has 15 heteroatoms. The van der Waals surface area contributed by atoms with E-state index in [1.54, 1.807) is 0 Å². The second-order valence-electron chi connectivity index (χ2n) is 7.40. The maximum atomic E-state index is 12.2. The first-order valence-corrected chi connectivity index (χ1v) is 13.8. The van der Waals surface area contributed by atoms with Gasteiger partial charge in [0.1, 0.15) is 16.0 Å². The number of nitro groups is 1. The van der Waals surface area contributed by atoms with E-state index in [4.69, 9.17) is 10.2 Å². The molecule has 1 aromatic heterocycles. The number of aryl methyl sites for hydroxylation is 1. The number of hydrogen-bond acceptors (Lipinski definition) is 11. The van der Waals surface area contributed by atoms with Gasteiger partial charge in [-0.1, -0.05) is 0 Å². The Kier molecular flexibility index (Phi) is 8.57. The van der Waals surface area contributed by atoms with Crippen molar-refractivity contribution in [1.82, 2.24) is 9.97 Å². The van der Waals surface area contributed by atoms with E-state index < -0.39 is 43.8 Å². The number of aliphatic imine (C=N–C) groups is 2. The van der Waals surface area contributed by atoms with E-state index in [1.807, 2.05) is 0 Å². The SMILES string of the molecule is Cc1nc(N=C2C=CC(=S(=O)(O)CCO)C=C2)c([N+](=O)[O-])c(N=C2C=CC(=[S+](O)(O)CCO)C=C2)n1. The van der Waals surface area contributed by atoms with Crippen LogP contribution in [0.5, 0.6) is 0 Å². The summed E-state index contributed by atoms with van der Waals surface area (Å²) in [5.41, 5.74) is -0.0934. The molecule has 36 heavy (non-hydrogen) atoms. The first kappa shape index (κ1) is 27.4. The molecule has 3 rings (SSSR count). The molecule has 2 aliphatic carbocycles. The van der Waals surface area contributed by atoms with Gasteiger partial charge in [0.2, 0.25) is 11.6 Å². The summed E-state index contributed by atoms with van der Waals surface area (Å²) in [7, 11) is -6.59. The standard InChI is InChI=1S/C21H23N5O8S2/c1-14-22-20(24-15-2-6-17(7-3-15)35(31,32)12-10-27)19(26(29)30)21(23-14)25-16-4-8-18(9-5-16)36(33,34)13-11-28/h2-9,27-28H,10-13H2,1H3,(H2-,31,32,33,34)/p+1. The number of rotatable bonds is 7. The maximum absolute atomic E-state index is 12.2. The molecule has 0 aromatic carbocycles. The molecule has 0 aliphatic heterocycles. The lowest BCUT2D eigenvalue weighted by molar-refractivity contribution is -0.383. The molecule has 0 bridgehead atoms. The minimum absolute atomic E-state index is 0.0820. The number of aliphatic hydroxyl groups is 2. The van der Waals surface area contributed by atoms with E-state index in [0.29, 0.717) is 0 Å². The summed E-state index contributed by atoms with van der Waals surface area (Å²) < 4.78 is 42.3. The van der Waals surface area contributed by atoms with Gasteiger partial charge in [-0.2, -0.15) is 9.11 Å². The van der Waals surface area contributed by atoms with Crippen LogP contribution in [0, 0.1) is 17.0 Å². The number of aliphatic hydroxyl groups excluding tert-OH is 2. The van der Waals surface area contributed by atoms with Gasteiger partial charge >= 0.3 is 5.69 Å². The van der Waals surface area contributed by atoms with Crippen LogP contribution >= 0.6 is 0 Å². The number of aromatic nitrogens is 2. The summed E-state index contributed by atoms with van der Waals surface area (Å²) in [6.45, 7) is 0.638. The number of hydrogen-bond donors (Lipinski definition) is 5. The molecule has 1 aromatic rings. The third-order valence-electron chi connectivity index (χ3n) is 4.77. The van der Waals surface area contributed by atoms with Gasteiger partial charge in [0.05, 0.1) is 50.0 Å². The highest BCUT2D eigenvalue weighted by molar-refractivity contribution is 8.03. The van der Waals surface area contributed by atoms with Gasteiger partial charge in [0.25, 0.3) is 0 Å². The van der Waals surface area contributed by atoms with Gasteiger partial charge in [-0.05, 0) is 55.5 Å². The Labute approximate surface area is 207 Å². The molecule has 0 saturated carbocycles. The van der Waals surface area contributed by atoms with E-state index in [9.17, 15) is 28.0 Å². The van der Waals surface area contributed by atoms with Crippen molar-refractivity contribution in [3.05, 3.63) is 64.5 Å². The smallest absolute Gasteiger partial charge is 0.357 e. The topological polar surface area (TPSA) is 212 Å². The van der Waals surface area contributed by atoms with E-state index in [-0.39, 0.29) is 50.1 Å². The van der Waals surface area contributed by atoms with E-state index >= 15 is 0 Å².